The third kappa shape index (κ3) is 3.27. The number of hydrogen-bond acceptors (Lipinski definition) is 7. The van der Waals surface area contributed by atoms with Crippen LogP contribution in [-0.4, -0.2) is 25.3 Å². The SMILES string of the molecule is Cc1cc(O)ccc1-c1cnnc(NCc2nc3ccccc3s2)n1. The topological polar surface area (TPSA) is 83.8 Å². The van der Waals surface area contributed by atoms with E-state index in [9.17, 15) is 5.11 Å². The minimum Gasteiger partial charge on any atom is -0.508 e. The van der Waals surface area contributed by atoms with Crippen molar-refractivity contribution in [1.82, 2.24) is 20.2 Å². The summed E-state index contributed by atoms with van der Waals surface area (Å²) in [6.07, 6.45) is 1.61. The maximum atomic E-state index is 9.54. The van der Waals surface area contributed by atoms with Crippen LogP contribution in [0, 0.1) is 6.92 Å². The normalized spacial score (nSPS) is 10.9. The number of para-hydroxylation sites is 1. The molecular weight excluding hydrogens is 334 g/mol. The summed E-state index contributed by atoms with van der Waals surface area (Å²) in [5, 5.41) is 21.7. The fourth-order valence-electron chi connectivity index (χ4n) is 2.59. The quantitative estimate of drug-likeness (QED) is 0.583. The number of phenols is 1. The highest BCUT2D eigenvalue weighted by molar-refractivity contribution is 7.18. The van der Waals surface area contributed by atoms with Gasteiger partial charge in [0.05, 0.1) is 28.7 Å². The van der Waals surface area contributed by atoms with Crippen molar-refractivity contribution in [3.63, 3.8) is 0 Å². The zero-order valence-corrected chi connectivity index (χ0v) is 14.3. The fraction of sp³-hybridized carbons (Fsp3) is 0.111. The molecule has 0 aliphatic carbocycles. The van der Waals surface area contributed by atoms with E-state index in [1.807, 2.05) is 31.2 Å². The second-order valence-corrected chi connectivity index (χ2v) is 6.71. The van der Waals surface area contributed by atoms with E-state index in [1.54, 1.807) is 29.7 Å². The Balaban J connectivity index is 1.55. The molecule has 124 valence electrons. The number of rotatable bonds is 4. The third-order valence-corrected chi connectivity index (χ3v) is 4.82. The maximum absolute atomic E-state index is 9.54. The molecule has 4 aromatic rings. The molecule has 6 nitrogen and oxygen atoms in total. The van der Waals surface area contributed by atoms with Crippen molar-refractivity contribution >= 4 is 27.5 Å². The average molecular weight is 349 g/mol. The molecule has 2 aromatic carbocycles. The van der Waals surface area contributed by atoms with E-state index in [2.05, 4.69) is 31.5 Å². The molecule has 2 heterocycles. The first-order valence-corrected chi connectivity index (χ1v) is 8.59. The number of thiazole rings is 1. The van der Waals surface area contributed by atoms with E-state index in [0.29, 0.717) is 18.2 Å². The van der Waals surface area contributed by atoms with Gasteiger partial charge in [0.2, 0.25) is 5.95 Å². The Morgan fingerprint density at radius 1 is 1.12 bits per heavy atom. The Labute approximate surface area is 148 Å². The molecule has 0 bridgehead atoms. The number of hydrogen-bond donors (Lipinski definition) is 2. The smallest absolute Gasteiger partial charge is 0.243 e. The number of benzene rings is 2. The van der Waals surface area contributed by atoms with Gasteiger partial charge in [-0.3, -0.25) is 0 Å². The first kappa shape index (κ1) is 15.5. The summed E-state index contributed by atoms with van der Waals surface area (Å²) >= 11 is 1.64. The highest BCUT2D eigenvalue weighted by atomic mass is 32.1. The Kier molecular flexibility index (Phi) is 3.99. The van der Waals surface area contributed by atoms with Crippen molar-refractivity contribution in [1.29, 1.82) is 0 Å². The van der Waals surface area contributed by atoms with E-state index < -0.39 is 0 Å². The molecule has 7 heteroatoms. The number of aromatic hydroxyl groups is 1. The van der Waals surface area contributed by atoms with Crippen LogP contribution >= 0.6 is 11.3 Å². The molecule has 25 heavy (non-hydrogen) atoms. The number of fused-ring (bicyclic) bond motifs is 1. The van der Waals surface area contributed by atoms with Crippen LogP contribution in [-0.2, 0) is 6.54 Å². The number of nitrogens with one attached hydrogen (secondary N) is 1. The van der Waals surface area contributed by atoms with Gasteiger partial charge in [0, 0.05) is 5.56 Å². The van der Waals surface area contributed by atoms with Gasteiger partial charge in [0.15, 0.2) is 0 Å². The molecular formula is C18H15N5OS. The van der Waals surface area contributed by atoms with Crippen LogP contribution in [0.4, 0.5) is 5.95 Å². The van der Waals surface area contributed by atoms with Crippen molar-refractivity contribution < 1.29 is 5.11 Å². The minimum absolute atomic E-state index is 0.234. The van der Waals surface area contributed by atoms with E-state index in [0.717, 1.165) is 26.4 Å². The zero-order valence-electron chi connectivity index (χ0n) is 13.5. The van der Waals surface area contributed by atoms with E-state index >= 15 is 0 Å². The lowest BCUT2D eigenvalue weighted by atomic mass is 10.1. The predicted octanol–water partition coefficient (Wildman–Crippen LogP) is 3.77. The Bertz CT molecular complexity index is 1010. The van der Waals surface area contributed by atoms with Gasteiger partial charge in [0.25, 0.3) is 0 Å². The van der Waals surface area contributed by atoms with Crippen molar-refractivity contribution in [3.05, 3.63) is 59.2 Å². The third-order valence-electron chi connectivity index (χ3n) is 3.78. The predicted molar refractivity (Wildman–Crippen MR) is 98.6 cm³/mol. The molecule has 0 radical (unpaired) electrons. The monoisotopic (exact) mass is 349 g/mol. The second-order valence-electron chi connectivity index (χ2n) is 5.59. The summed E-state index contributed by atoms with van der Waals surface area (Å²) in [5.74, 6) is 0.682. The highest BCUT2D eigenvalue weighted by Gasteiger charge is 2.08. The molecule has 0 aliphatic rings. The largest absolute Gasteiger partial charge is 0.508 e. The fourth-order valence-corrected chi connectivity index (χ4v) is 3.50. The molecule has 2 aromatic heterocycles. The van der Waals surface area contributed by atoms with Gasteiger partial charge in [-0.15, -0.1) is 16.4 Å². The van der Waals surface area contributed by atoms with Crippen LogP contribution in [0.5, 0.6) is 5.75 Å². The molecule has 2 N–H and O–H groups in total. The summed E-state index contributed by atoms with van der Waals surface area (Å²) in [6.45, 7) is 2.46. The molecule has 0 unspecified atom stereocenters. The molecule has 0 saturated carbocycles. The average Bonchev–Trinajstić information content (AvgIpc) is 3.03. The lowest BCUT2D eigenvalue weighted by Crippen LogP contribution is -2.05. The van der Waals surface area contributed by atoms with Gasteiger partial charge in [-0.2, -0.15) is 5.10 Å². The number of phenolic OH excluding ortho intramolecular Hbond substituents is 1. The van der Waals surface area contributed by atoms with Crippen molar-refractivity contribution in [2.75, 3.05) is 5.32 Å². The van der Waals surface area contributed by atoms with Crippen LogP contribution in [0.2, 0.25) is 0 Å². The van der Waals surface area contributed by atoms with Gasteiger partial charge in [-0.25, -0.2) is 9.97 Å². The van der Waals surface area contributed by atoms with Crippen molar-refractivity contribution in [3.8, 4) is 17.0 Å². The van der Waals surface area contributed by atoms with Crippen LogP contribution in [0.3, 0.4) is 0 Å². The van der Waals surface area contributed by atoms with E-state index in [-0.39, 0.29) is 5.75 Å². The van der Waals surface area contributed by atoms with E-state index in [4.69, 9.17) is 0 Å². The number of anilines is 1. The molecule has 0 amide bonds. The Morgan fingerprint density at radius 3 is 2.84 bits per heavy atom. The molecule has 0 atom stereocenters. The summed E-state index contributed by atoms with van der Waals surface area (Å²) in [5.41, 5.74) is 3.55. The summed E-state index contributed by atoms with van der Waals surface area (Å²) in [4.78, 5) is 9.10. The first-order chi connectivity index (χ1) is 12.2. The van der Waals surface area contributed by atoms with Gasteiger partial charge in [0.1, 0.15) is 10.8 Å². The van der Waals surface area contributed by atoms with Crippen LogP contribution in [0.1, 0.15) is 10.6 Å². The number of aromatic nitrogens is 4. The molecule has 0 fully saturated rings. The van der Waals surface area contributed by atoms with Crippen molar-refractivity contribution in [2.45, 2.75) is 13.5 Å². The maximum Gasteiger partial charge on any atom is 0.243 e. The first-order valence-electron chi connectivity index (χ1n) is 7.77. The van der Waals surface area contributed by atoms with Crippen LogP contribution in [0.25, 0.3) is 21.5 Å². The van der Waals surface area contributed by atoms with Gasteiger partial charge in [-0.05, 0) is 42.8 Å². The lowest BCUT2D eigenvalue weighted by molar-refractivity contribution is 0.475. The van der Waals surface area contributed by atoms with Crippen LogP contribution in [0.15, 0.2) is 48.7 Å². The molecule has 4 rings (SSSR count). The Morgan fingerprint density at radius 2 is 2.00 bits per heavy atom. The number of nitrogens with zero attached hydrogens (tertiary/aromatic N) is 4. The van der Waals surface area contributed by atoms with E-state index in [1.165, 1.54) is 0 Å². The summed E-state index contributed by atoms with van der Waals surface area (Å²) in [7, 11) is 0. The zero-order chi connectivity index (χ0) is 17.2. The number of aryl methyl sites for hydroxylation is 1. The van der Waals surface area contributed by atoms with Crippen molar-refractivity contribution in [2.24, 2.45) is 0 Å². The summed E-state index contributed by atoms with van der Waals surface area (Å²) in [6, 6.07) is 13.2. The van der Waals surface area contributed by atoms with Crippen LogP contribution < -0.4 is 5.32 Å². The molecule has 0 spiro atoms. The Hall–Kier alpha value is -3.06. The van der Waals surface area contributed by atoms with Gasteiger partial charge >= 0.3 is 0 Å². The standard InChI is InChI=1S/C18H15N5OS/c1-11-8-12(24)6-7-13(11)15-9-20-23-18(22-15)19-10-17-21-14-4-2-3-5-16(14)25-17/h2-9,24H,10H2,1H3,(H,19,22,23). The second kappa shape index (κ2) is 6.45. The summed E-state index contributed by atoms with van der Waals surface area (Å²) < 4.78 is 1.16. The van der Waals surface area contributed by atoms with Gasteiger partial charge < -0.3 is 10.4 Å². The molecule has 0 aliphatic heterocycles. The minimum atomic E-state index is 0.234. The molecule has 0 saturated heterocycles. The van der Waals surface area contributed by atoms with Gasteiger partial charge in [-0.1, -0.05) is 12.1 Å². The lowest BCUT2D eigenvalue weighted by Gasteiger charge is -2.07. The highest BCUT2D eigenvalue weighted by Crippen LogP contribution is 2.25.